The SMILES string of the molecule is Cc1cccc(NC(=O)CN2CCN(C(=O)C3CC3c3ccccc3F)CC2)c1C. The molecule has 2 fully saturated rings. The summed E-state index contributed by atoms with van der Waals surface area (Å²) in [5.41, 5.74) is 3.73. The standard InChI is InChI=1S/C24H28FN3O2/c1-16-6-5-9-22(17(16)2)26-23(29)15-27-10-12-28(13-11-27)24(30)20-14-19(20)18-7-3-4-8-21(18)25/h3-9,19-20H,10-15H2,1-2H3,(H,26,29). The zero-order chi connectivity index (χ0) is 21.3. The van der Waals surface area contributed by atoms with Gasteiger partial charge in [-0.05, 0) is 55.0 Å². The Morgan fingerprint density at radius 1 is 1.03 bits per heavy atom. The second-order valence-corrected chi connectivity index (χ2v) is 8.37. The van der Waals surface area contributed by atoms with Crippen molar-refractivity contribution in [3.63, 3.8) is 0 Å². The van der Waals surface area contributed by atoms with Gasteiger partial charge < -0.3 is 10.2 Å². The van der Waals surface area contributed by atoms with Crippen molar-refractivity contribution >= 4 is 17.5 Å². The number of aryl methyl sites for hydroxylation is 1. The predicted molar refractivity (Wildman–Crippen MR) is 115 cm³/mol. The fraction of sp³-hybridized carbons (Fsp3) is 0.417. The maximum absolute atomic E-state index is 14.0. The number of hydrogen-bond acceptors (Lipinski definition) is 3. The highest BCUT2D eigenvalue weighted by molar-refractivity contribution is 5.93. The van der Waals surface area contributed by atoms with Crippen molar-refractivity contribution in [2.75, 3.05) is 38.0 Å². The van der Waals surface area contributed by atoms with E-state index in [9.17, 15) is 14.0 Å². The first kappa shape index (κ1) is 20.5. The maximum atomic E-state index is 14.0. The summed E-state index contributed by atoms with van der Waals surface area (Å²) in [5, 5.41) is 2.99. The molecule has 1 aliphatic carbocycles. The molecule has 2 aliphatic rings. The Morgan fingerprint density at radius 2 is 1.77 bits per heavy atom. The van der Waals surface area contributed by atoms with Crippen LogP contribution >= 0.6 is 0 Å². The molecule has 1 N–H and O–H groups in total. The Labute approximate surface area is 176 Å². The van der Waals surface area contributed by atoms with Crippen molar-refractivity contribution in [1.82, 2.24) is 9.80 Å². The fourth-order valence-corrected chi connectivity index (χ4v) is 4.23. The third kappa shape index (κ3) is 4.38. The van der Waals surface area contributed by atoms with Gasteiger partial charge in [0.2, 0.25) is 11.8 Å². The Morgan fingerprint density at radius 3 is 2.50 bits per heavy atom. The van der Waals surface area contributed by atoms with Crippen molar-refractivity contribution in [2.24, 2.45) is 5.92 Å². The average molecular weight is 410 g/mol. The number of piperazine rings is 1. The molecule has 4 rings (SSSR count). The van der Waals surface area contributed by atoms with Crippen molar-refractivity contribution in [3.05, 3.63) is 65.0 Å². The van der Waals surface area contributed by atoms with Crippen LogP contribution in [0.5, 0.6) is 0 Å². The maximum Gasteiger partial charge on any atom is 0.238 e. The summed E-state index contributed by atoms with van der Waals surface area (Å²) in [4.78, 5) is 29.2. The lowest BCUT2D eigenvalue weighted by atomic mass is 10.1. The molecule has 1 aliphatic heterocycles. The second kappa shape index (κ2) is 8.56. The lowest BCUT2D eigenvalue weighted by molar-refractivity contribution is -0.134. The summed E-state index contributed by atoms with van der Waals surface area (Å²) >= 11 is 0. The van der Waals surface area contributed by atoms with Gasteiger partial charge in [0.25, 0.3) is 0 Å². The Balaban J connectivity index is 1.25. The predicted octanol–water partition coefficient (Wildman–Crippen LogP) is 3.33. The number of rotatable bonds is 5. The quantitative estimate of drug-likeness (QED) is 0.824. The summed E-state index contributed by atoms with van der Waals surface area (Å²) in [6.07, 6.45) is 0.720. The molecular weight excluding hydrogens is 381 g/mol. The minimum absolute atomic E-state index is 0.0000705. The number of hydrogen-bond donors (Lipinski definition) is 1. The van der Waals surface area contributed by atoms with Gasteiger partial charge in [-0.15, -0.1) is 0 Å². The molecule has 2 unspecified atom stereocenters. The van der Waals surface area contributed by atoms with E-state index in [4.69, 9.17) is 0 Å². The molecule has 6 heteroatoms. The molecule has 5 nitrogen and oxygen atoms in total. The van der Waals surface area contributed by atoms with Crippen molar-refractivity contribution in [2.45, 2.75) is 26.2 Å². The summed E-state index contributed by atoms with van der Waals surface area (Å²) in [6.45, 7) is 6.90. The molecule has 0 radical (unpaired) electrons. The number of nitrogens with zero attached hydrogens (tertiary/aromatic N) is 2. The third-order valence-electron chi connectivity index (χ3n) is 6.34. The molecule has 1 saturated heterocycles. The molecule has 2 amide bonds. The molecular formula is C24H28FN3O2. The van der Waals surface area contributed by atoms with Gasteiger partial charge >= 0.3 is 0 Å². The van der Waals surface area contributed by atoms with Gasteiger partial charge in [-0.1, -0.05) is 30.3 Å². The number of benzene rings is 2. The van der Waals surface area contributed by atoms with Crippen LogP contribution in [0, 0.1) is 25.6 Å². The van der Waals surface area contributed by atoms with E-state index < -0.39 is 0 Å². The van der Waals surface area contributed by atoms with E-state index in [2.05, 4.69) is 10.2 Å². The van der Waals surface area contributed by atoms with Crippen molar-refractivity contribution in [3.8, 4) is 0 Å². The number of anilines is 1. The largest absolute Gasteiger partial charge is 0.340 e. The van der Waals surface area contributed by atoms with Crippen LogP contribution in [-0.2, 0) is 9.59 Å². The highest BCUT2D eigenvalue weighted by atomic mass is 19.1. The zero-order valence-electron chi connectivity index (χ0n) is 17.5. The van der Waals surface area contributed by atoms with Gasteiger partial charge in [0.1, 0.15) is 5.82 Å². The van der Waals surface area contributed by atoms with E-state index in [1.807, 2.05) is 43.0 Å². The van der Waals surface area contributed by atoms with Crippen LogP contribution in [0.4, 0.5) is 10.1 Å². The van der Waals surface area contributed by atoms with E-state index in [1.165, 1.54) is 6.07 Å². The Bertz CT molecular complexity index is 953. The summed E-state index contributed by atoms with van der Waals surface area (Å²) in [6, 6.07) is 12.6. The van der Waals surface area contributed by atoms with Crippen LogP contribution in [-0.4, -0.2) is 54.3 Å². The molecule has 2 aromatic carbocycles. The van der Waals surface area contributed by atoms with Crippen LogP contribution in [0.1, 0.15) is 29.0 Å². The fourth-order valence-electron chi connectivity index (χ4n) is 4.23. The van der Waals surface area contributed by atoms with Gasteiger partial charge in [-0.25, -0.2) is 4.39 Å². The van der Waals surface area contributed by atoms with Crippen molar-refractivity contribution < 1.29 is 14.0 Å². The van der Waals surface area contributed by atoms with Crippen LogP contribution < -0.4 is 5.32 Å². The first-order chi connectivity index (χ1) is 14.4. The van der Waals surface area contributed by atoms with Gasteiger partial charge in [0.15, 0.2) is 0 Å². The Hall–Kier alpha value is -2.73. The first-order valence-electron chi connectivity index (χ1n) is 10.6. The van der Waals surface area contributed by atoms with E-state index in [0.717, 1.165) is 23.2 Å². The number of halogens is 1. The number of carbonyl (C=O) groups excluding carboxylic acids is 2. The number of carbonyl (C=O) groups is 2. The first-order valence-corrected chi connectivity index (χ1v) is 10.6. The van der Waals surface area contributed by atoms with Crippen LogP contribution in [0.2, 0.25) is 0 Å². The molecule has 30 heavy (non-hydrogen) atoms. The highest BCUT2D eigenvalue weighted by Crippen LogP contribution is 2.49. The topological polar surface area (TPSA) is 52.7 Å². The van der Waals surface area contributed by atoms with E-state index >= 15 is 0 Å². The normalized spacial score (nSPS) is 21.4. The smallest absolute Gasteiger partial charge is 0.238 e. The van der Waals surface area contributed by atoms with Crippen LogP contribution in [0.15, 0.2) is 42.5 Å². The highest BCUT2D eigenvalue weighted by Gasteiger charge is 2.47. The minimum Gasteiger partial charge on any atom is -0.340 e. The third-order valence-corrected chi connectivity index (χ3v) is 6.34. The zero-order valence-corrected chi connectivity index (χ0v) is 17.5. The summed E-state index contributed by atoms with van der Waals surface area (Å²) in [5.74, 6) is -0.258. The van der Waals surface area contributed by atoms with Gasteiger partial charge in [0, 0.05) is 37.8 Å². The van der Waals surface area contributed by atoms with E-state index in [1.54, 1.807) is 12.1 Å². The van der Waals surface area contributed by atoms with Crippen LogP contribution in [0.3, 0.4) is 0 Å². The molecule has 0 spiro atoms. The van der Waals surface area contributed by atoms with Gasteiger partial charge in [0.05, 0.1) is 6.54 Å². The molecule has 0 bridgehead atoms. The van der Waals surface area contributed by atoms with Crippen LogP contribution in [0.25, 0.3) is 0 Å². The van der Waals surface area contributed by atoms with E-state index in [-0.39, 0.29) is 29.5 Å². The van der Waals surface area contributed by atoms with Crippen molar-refractivity contribution in [1.29, 1.82) is 0 Å². The monoisotopic (exact) mass is 409 g/mol. The molecule has 2 aromatic rings. The molecule has 2 atom stereocenters. The minimum atomic E-state index is -0.225. The number of amides is 2. The molecule has 1 heterocycles. The molecule has 0 aromatic heterocycles. The van der Waals surface area contributed by atoms with Gasteiger partial charge in [-0.2, -0.15) is 0 Å². The van der Waals surface area contributed by atoms with Gasteiger partial charge in [-0.3, -0.25) is 14.5 Å². The number of nitrogens with one attached hydrogen (secondary N) is 1. The summed E-state index contributed by atoms with van der Waals surface area (Å²) < 4.78 is 14.0. The Kier molecular flexibility index (Phi) is 5.86. The molecule has 158 valence electrons. The lowest BCUT2D eigenvalue weighted by Crippen LogP contribution is -2.51. The molecule has 1 saturated carbocycles. The second-order valence-electron chi connectivity index (χ2n) is 8.37. The van der Waals surface area contributed by atoms with E-state index in [0.29, 0.717) is 38.3 Å². The summed E-state index contributed by atoms with van der Waals surface area (Å²) in [7, 11) is 0. The lowest BCUT2D eigenvalue weighted by Gasteiger charge is -2.34. The average Bonchev–Trinajstić information content (AvgIpc) is 3.52.